The molecule has 2 amide bonds. The molecular formula is C19H22N4O4. The fourth-order valence-electron chi connectivity index (χ4n) is 3.09. The molecule has 0 bridgehead atoms. The summed E-state index contributed by atoms with van der Waals surface area (Å²) in [7, 11) is 1.46. The van der Waals surface area contributed by atoms with Crippen molar-refractivity contribution in [3.05, 3.63) is 58.1 Å². The lowest BCUT2D eigenvalue weighted by Crippen LogP contribution is -2.50. The highest BCUT2D eigenvalue weighted by Gasteiger charge is 2.23. The molecule has 2 aromatic rings. The number of nitro groups is 1. The second-order valence-corrected chi connectivity index (χ2v) is 6.38. The number of aryl methyl sites for hydroxylation is 1. The Balaban J connectivity index is 1.65. The number of nitrogens with zero attached hydrogens (tertiary/aromatic N) is 3. The Hall–Kier alpha value is -3.29. The number of urea groups is 1. The van der Waals surface area contributed by atoms with Gasteiger partial charge in [0.25, 0.3) is 5.69 Å². The molecule has 142 valence electrons. The zero-order chi connectivity index (χ0) is 19.4. The van der Waals surface area contributed by atoms with Crippen LogP contribution >= 0.6 is 0 Å². The number of anilines is 2. The second kappa shape index (κ2) is 7.94. The van der Waals surface area contributed by atoms with E-state index in [1.165, 1.54) is 30.9 Å². The molecule has 0 atom stereocenters. The van der Waals surface area contributed by atoms with Crippen LogP contribution in [0.3, 0.4) is 0 Å². The molecule has 0 radical (unpaired) electrons. The molecule has 1 aliphatic heterocycles. The number of methoxy groups -OCH3 is 1. The number of carbonyl (C=O) groups is 1. The van der Waals surface area contributed by atoms with E-state index < -0.39 is 4.92 Å². The first-order valence-corrected chi connectivity index (χ1v) is 8.68. The highest BCUT2D eigenvalue weighted by molar-refractivity contribution is 5.91. The Bertz CT molecular complexity index is 847. The molecule has 1 aliphatic rings. The number of carbonyl (C=O) groups excluding carboxylic acids is 1. The Labute approximate surface area is 157 Å². The maximum atomic E-state index is 12.6. The molecule has 0 unspecified atom stereocenters. The minimum Gasteiger partial charge on any atom is -0.495 e. The molecule has 1 heterocycles. The van der Waals surface area contributed by atoms with Gasteiger partial charge >= 0.3 is 6.03 Å². The third-order valence-electron chi connectivity index (χ3n) is 4.57. The molecule has 0 aliphatic carbocycles. The summed E-state index contributed by atoms with van der Waals surface area (Å²) >= 11 is 0. The number of hydrogen-bond donors (Lipinski definition) is 1. The van der Waals surface area contributed by atoms with E-state index in [1.54, 1.807) is 4.90 Å². The van der Waals surface area contributed by atoms with Gasteiger partial charge in [-0.25, -0.2) is 4.79 Å². The number of benzene rings is 2. The van der Waals surface area contributed by atoms with E-state index in [1.807, 2.05) is 6.07 Å². The summed E-state index contributed by atoms with van der Waals surface area (Å²) < 4.78 is 5.19. The quantitative estimate of drug-likeness (QED) is 0.659. The molecule has 3 rings (SSSR count). The standard InChI is InChI=1S/C19H22N4O4/c1-14-4-3-5-15(12-14)21-8-10-22(11-9-21)19(24)20-17-13-16(23(25)26)6-7-18(17)27-2/h3-7,12-13H,8-11H2,1-2H3,(H,20,24). The normalized spacial score (nSPS) is 14.0. The van der Waals surface area contributed by atoms with Crippen LogP contribution in [0.1, 0.15) is 5.56 Å². The number of amides is 2. The van der Waals surface area contributed by atoms with Gasteiger partial charge in [-0.15, -0.1) is 0 Å². The fraction of sp³-hybridized carbons (Fsp3) is 0.316. The molecule has 1 saturated heterocycles. The first-order valence-electron chi connectivity index (χ1n) is 8.68. The summed E-state index contributed by atoms with van der Waals surface area (Å²) in [4.78, 5) is 27.0. The Morgan fingerprint density at radius 1 is 1.15 bits per heavy atom. The number of non-ortho nitro benzene ring substituents is 1. The Kier molecular flexibility index (Phi) is 5.44. The van der Waals surface area contributed by atoms with Gasteiger partial charge in [0.1, 0.15) is 5.75 Å². The first kappa shape index (κ1) is 18.5. The Morgan fingerprint density at radius 3 is 2.52 bits per heavy atom. The molecular weight excluding hydrogens is 348 g/mol. The zero-order valence-corrected chi connectivity index (χ0v) is 15.3. The lowest BCUT2D eigenvalue weighted by molar-refractivity contribution is -0.384. The van der Waals surface area contributed by atoms with Crippen LogP contribution in [0.15, 0.2) is 42.5 Å². The first-order chi connectivity index (χ1) is 13.0. The van der Waals surface area contributed by atoms with Crippen LogP contribution in [0.4, 0.5) is 21.9 Å². The SMILES string of the molecule is COc1ccc([N+](=O)[O-])cc1NC(=O)N1CCN(c2cccc(C)c2)CC1. The topological polar surface area (TPSA) is 87.9 Å². The smallest absolute Gasteiger partial charge is 0.322 e. The third kappa shape index (κ3) is 4.28. The average molecular weight is 370 g/mol. The lowest BCUT2D eigenvalue weighted by Gasteiger charge is -2.36. The summed E-state index contributed by atoms with van der Waals surface area (Å²) in [6.07, 6.45) is 0. The lowest BCUT2D eigenvalue weighted by atomic mass is 10.2. The predicted molar refractivity (Wildman–Crippen MR) is 104 cm³/mol. The second-order valence-electron chi connectivity index (χ2n) is 6.38. The van der Waals surface area contributed by atoms with E-state index in [0.717, 1.165) is 18.8 Å². The van der Waals surface area contributed by atoms with Crippen LogP contribution in [0.5, 0.6) is 5.75 Å². The van der Waals surface area contributed by atoms with Crippen LogP contribution in [-0.4, -0.2) is 49.1 Å². The van der Waals surface area contributed by atoms with E-state index in [9.17, 15) is 14.9 Å². The summed E-state index contributed by atoms with van der Waals surface area (Å²) in [5.41, 5.74) is 2.54. The van der Waals surface area contributed by atoms with Crippen LogP contribution in [-0.2, 0) is 0 Å². The van der Waals surface area contributed by atoms with Crippen LogP contribution in [0.25, 0.3) is 0 Å². The molecule has 27 heavy (non-hydrogen) atoms. The number of ether oxygens (including phenoxy) is 1. The van der Waals surface area contributed by atoms with Crippen LogP contribution in [0, 0.1) is 17.0 Å². The van der Waals surface area contributed by atoms with Crippen molar-refractivity contribution >= 4 is 23.1 Å². The van der Waals surface area contributed by atoms with Crippen molar-refractivity contribution in [2.75, 3.05) is 43.5 Å². The molecule has 8 heteroatoms. The molecule has 1 fully saturated rings. The fourth-order valence-corrected chi connectivity index (χ4v) is 3.09. The van der Waals surface area contributed by atoms with Gasteiger partial charge in [-0.2, -0.15) is 0 Å². The van der Waals surface area contributed by atoms with Gasteiger partial charge in [0.05, 0.1) is 17.7 Å². The number of nitrogens with one attached hydrogen (secondary N) is 1. The maximum absolute atomic E-state index is 12.6. The number of piperazine rings is 1. The van der Waals surface area contributed by atoms with Crippen LogP contribution in [0.2, 0.25) is 0 Å². The van der Waals surface area contributed by atoms with Gasteiger partial charge in [0, 0.05) is 44.0 Å². The van der Waals surface area contributed by atoms with Crippen molar-refractivity contribution in [1.82, 2.24) is 4.90 Å². The highest BCUT2D eigenvalue weighted by atomic mass is 16.6. The van der Waals surface area contributed by atoms with E-state index in [-0.39, 0.29) is 17.4 Å². The third-order valence-corrected chi connectivity index (χ3v) is 4.57. The summed E-state index contributed by atoms with van der Waals surface area (Å²) in [6.45, 7) is 4.64. The summed E-state index contributed by atoms with van der Waals surface area (Å²) in [5, 5.41) is 13.7. The van der Waals surface area contributed by atoms with Crippen molar-refractivity contribution in [1.29, 1.82) is 0 Å². The maximum Gasteiger partial charge on any atom is 0.322 e. The van der Waals surface area contributed by atoms with Crippen LogP contribution < -0.4 is 15.0 Å². The minimum absolute atomic E-state index is 0.102. The number of nitro benzene ring substituents is 1. The van der Waals surface area contributed by atoms with Gasteiger partial charge in [-0.1, -0.05) is 12.1 Å². The molecule has 2 aromatic carbocycles. The zero-order valence-electron chi connectivity index (χ0n) is 15.3. The molecule has 1 N–H and O–H groups in total. The van der Waals surface area contributed by atoms with Crippen molar-refractivity contribution in [3.63, 3.8) is 0 Å². The minimum atomic E-state index is -0.504. The van der Waals surface area contributed by atoms with E-state index in [4.69, 9.17) is 4.74 Å². The van der Waals surface area contributed by atoms with Crippen molar-refractivity contribution < 1.29 is 14.5 Å². The average Bonchev–Trinajstić information content (AvgIpc) is 2.68. The van der Waals surface area contributed by atoms with E-state index >= 15 is 0 Å². The number of hydrogen-bond acceptors (Lipinski definition) is 5. The van der Waals surface area contributed by atoms with Gasteiger partial charge < -0.3 is 19.9 Å². The van der Waals surface area contributed by atoms with Crippen molar-refractivity contribution in [2.24, 2.45) is 0 Å². The van der Waals surface area contributed by atoms with E-state index in [0.29, 0.717) is 18.8 Å². The number of rotatable bonds is 4. The molecule has 8 nitrogen and oxygen atoms in total. The largest absolute Gasteiger partial charge is 0.495 e. The Morgan fingerprint density at radius 2 is 1.89 bits per heavy atom. The monoisotopic (exact) mass is 370 g/mol. The van der Waals surface area contributed by atoms with Gasteiger partial charge in [-0.05, 0) is 30.7 Å². The van der Waals surface area contributed by atoms with Gasteiger partial charge in [-0.3, -0.25) is 10.1 Å². The predicted octanol–water partition coefficient (Wildman–Crippen LogP) is 3.27. The molecule has 0 spiro atoms. The van der Waals surface area contributed by atoms with Gasteiger partial charge in [0.2, 0.25) is 0 Å². The summed E-state index contributed by atoms with van der Waals surface area (Å²) in [5.74, 6) is 0.382. The van der Waals surface area contributed by atoms with Crippen molar-refractivity contribution in [2.45, 2.75) is 6.92 Å². The van der Waals surface area contributed by atoms with E-state index in [2.05, 4.69) is 35.3 Å². The molecule has 0 aromatic heterocycles. The summed E-state index contributed by atoms with van der Waals surface area (Å²) in [6, 6.07) is 12.1. The van der Waals surface area contributed by atoms with Crippen molar-refractivity contribution in [3.8, 4) is 5.75 Å². The van der Waals surface area contributed by atoms with Gasteiger partial charge in [0.15, 0.2) is 0 Å². The highest BCUT2D eigenvalue weighted by Crippen LogP contribution is 2.29. The molecule has 0 saturated carbocycles.